The van der Waals surface area contributed by atoms with Crippen molar-refractivity contribution in [1.29, 1.82) is 0 Å². The lowest BCUT2D eigenvalue weighted by Gasteiger charge is -2.47. The molecule has 2 fully saturated rings. The highest BCUT2D eigenvalue weighted by atomic mass is 31.2. The second-order valence-electron chi connectivity index (χ2n) is 38.2. The van der Waals surface area contributed by atoms with E-state index in [1.807, 2.05) is 140 Å². The molecule has 141 heavy (non-hydrogen) atoms. The molecule has 3 N–H and O–H groups in total. The minimum absolute atomic E-state index is 0.00695. The minimum Gasteiger partial charge on any atom is -0.451 e. The Hall–Kier alpha value is -8.39. The van der Waals surface area contributed by atoms with Gasteiger partial charge in [-0.15, -0.1) is 0 Å². The van der Waals surface area contributed by atoms with Gasteiger partial charge in [0.25, 0.3) is 0 Å². The SMILES string of the molecule is CCCCCCCCCCCCO[C@H](CCCCCCCCCCC)CCO[C@@H]1[C@@H](NC(C)=O)[C@H](OC[C@H]2O[C@H](OCC(=O)OC(c3ccccc3)c3ccccc3)[C@H](NC(=O)C[C@@H](CCCCCCCCCCC)OCc3ccccc3)[C@@H](OCC[C@@H](CCCCCCCCCCC)OCc3ccccc3)[C@@H]2O)O[C@H](COC(=O)OCc2ccccc2)[C@@H]1OP(=O)(Oc1ccccc1)Oc1ccccc1. The topological polar surface area (TPSA) is 268 Å². The van der Waals surface area contributed by atoms with Crippen LogP contribution in [0.4, 0.5) is 4.79 Å². The summed E-state index contributed by atoms with van der Waals surface area (Å²) >= 11 is 0. The van der Waals surface area contributed by atoms with Crippen LogP contribution in [0.3, 0.4) is 0 Å². The molecule has 9 rings (SSSR count). The number of carbonyl (C=O) groups excluding carboxylic acids is 4. The van der Waals surface area contributed by atoms with Crippen molar-refractivity contribution in [3.8, 4) is 11.5 Å². The molecule has 2 aliphatic heterocycles. The first-order chi connectivity index (χ1) is 69.2. The molecule has 24 heteroatoms. The fraction of sp³-hybridized carbons (Fsp3) is 0.607. The number of unbranched alkanes of at least 4 members (excludes halogenated alkanes) is 33. The van der Waals surface area contributed by atoms with Crippen molar-refractivity contribution in [2.24, 2.45) is 0 Å². The van der Waals surface area contributed by atoms with E-state index in [0.29, 0.717) is 49.2 Å². The van der Waals surface area contributed by atoms with Gasteiger partial charge in [-0.3, -0.25) is 14.1 Å². The van der Waals surface area contributed by atoms with Crippen molar-refractivity contribution in [3.63, 3.8) is 0 Å². The predicted molar refractivity (Wildman–Crippen MR) is 555 cm³/mol. The Balaban J connectivity index is 1.10. The van der Waals surface area contributed by atoms with E-state index in [9.17, 15) is 19.5 Å². The van der Waals surface area contributed by atoms with Gasteiger partial charge in [0.2, 0.25) is 11.8 Å². The molecule has 0 radical (unpaired) electrons. The number of aliphatic hydroxyl groups excluding tert-OH is 1. The van der Waals surface area contributed by atoms with Crippen LogP contribution in [0.25, 0.3) is 0 Å². The average molecular weight is 1970 g/mol. The monoisotopic (exact) mass is 1970 g/mol. The summed E-state index contributed by atoms with van der Waals surface area (Å²) in [6.45, 7) is 9.28. The highest BCUT2D eigenvalue weighted by Gasteiger charge is 2.55. The van der Waals surface area contributed by atoms with Crippen molar-refractivity contribution in [1.82, 2.24) is 10.6 Å². The number of phosphoric acid groups is 1. The zero-order valence-corrected chi connectivity index (χ0v) is 86.5. The zero-order valence-electron chi connectivity index (χ0n) is 85.6. The van der Waals surface area contributed by atoms with E-state index < -0.39 is 125 Å². The van der Waals surface area contributed by atoms with Crippen LogP contribution < -0.4 is 19.7 Å². The lowest BCUT2D eigenvalue weighted by molar-refractivity contribution is -0.308. The number of hydrogen-bond donors (Lipinski definition) is 3. The third kappa shape index (κ3) is 48.0. The summed E-state index contributed by atoms with van der Waals surface area (Å²) in [7, 11) is -4.99. The van der Waals surface area contributed by atoms with Gasteiger partial charge in [0.05, 0.1) is 44.6 Å². The second-order valence-corrected chi connectivity index (χ2v) is 39.7. The third-order valence-electron chi connectivity index (χ3n) is 26.3. The van der Waals surface area contributed by atoms with Gasteiger partial charge in [-0.2, -0.15) is 0 Å². The highest BCUT2D eigenvalue weighted by Crippen LogP contribution is 2.53. The van der Waals surface area contributed by atoms with Crippen molar-refractivity contribution in [2.75, 3.05) is 39.6 Å². The first kappa shape index (κ1) is 116. The van der Waals surface area contributed by atoms with Crippen LogP contribution in [0, 0.1) is 0 Å². The van der Waals surface area contributed by atoms with Crippen molar-refractivity contribution < 1.29 is 99.3 Å². The zero-order chi connectivity index (χ0) is 99.5. The number of carbonyl (C=O) groups is 4. The molecule has 2 saturated heterocycles. The lowest BCUT2D eigenvalue weighted by Crippen LogP contribution is -2.68. The summed E-state index contributed by atoms with van der Waals surface area (Å²) in [5.41, 5.74) is 4.05. The summed E-state index contributed by atoms with van der Waals surface area (Å²) < 4.78 is 117. The summed E-state index contributed by atoms with van der Waals surface area (Å²) in [6, 6.07) is 61.8. The van der Waals surface area contributed by atoms with Crippen molar-refractivity contribution in [3.05, 3.63) is 240 Å². The third-order valence-corrected chi connectivity index (χ3v) is 27.7. The molecule has 0 unspecified atom stereocenters. The number of aliphatic hydroxyl groups is 1. The Kier molecular flexibility index (Phi) is 59.3. The molecule has 0 aliphatic carbocycles. The van der Waals surface area contributed by atoms with Crippen molar-refractivity contribution in [2.45, 2.75) is 416 Å². The van der Waals surface area contributed by atoms with Crippen LogP contribution in [-0.4, -0.2) is 148 Å². The van der Waals surface area contributed by atoms with E-state index in [0.717, 1.165) is 120 Å². The quantitative estimate of drug-likeness (QED) is 0.0182. The van der Waals surface area contributed by atoms with Gasteiger partial charge in [0.1, 0.15) is 80.0 Å². The number of hydrogen-bond acceptors (Lipinski definition) is 21. The number of benzene rings is 7. The van der Waals surface area contributed by atoms with Crippen molar-refractivity contribution >= 4 is 31.8 Å². The van der Waals surface area contributed by atoms with Gasteiger partial charge < -0.3 is 81.6 Å². The summed E-state index contributed by atoms with van der Waals surface area (Å²) in [6.07, 6.45) is 29.6. The molecule has 7 aromatic carbocycles. The first-order valence-electron chi connectivity index (χ1n) is 54.0. The van der Waals surface area contributed by atoms with E-state index >= 15 is 9.36 Å². The molecule has 23 nitrogen and oxygen atoms in total. The van der Waals surface area contributed by atoms with Crippen LogP contribution in [0.5, 0.6) is 11.5 Å². The lowest BCUT2D eigenvalue weighted by atomic mass is 9.95. The summed E-state index contributed by atoms with van der Waals surface area (Å²) in [5, 5.41) is 20.0. The van der Waals surface area contributed by atoms with Gasteiger partial charge in [-0.05, 0) is 90.6 Å². The maximum absolute atomic E-state index is 16.2. The minimum atomic E-state index is -4.99. The number of rotatable bonds is 79. The average Bonchev–Trinajstić information content (AvgIpc) is 0.770. The number of phosphoric ester groups is 1. The van der Waals surface area contributed by atoms with Crippen LogP contribution >= 0.6 is 7.82 Å². The van der Waals surface area contributed by atoms with Crippen LogP contribution in [0.2, 0.25) is 0 Å². The number of esters is 1. The Labute approximate surface area is 844 Å². The highest BCUT2D eigenvalue weighted by molar-refractivity contribution is 7.49. The van der Waals surface area contributed by atoms with Gasteiger partial charge in [0.15, 0.2) is 18.7 Å². The van der Waals surface area contributed by atoms with Crippen LogP contribution in [0.15, 0.2) is 212 Å². The summed E-state index contributed by atoms with van der Waals surface area (Å²) in [4.78, 5) is 59.1. The standard InChI is InChI=1S/C117H171N2O21P/c1-6-10-14-18-22-26-30-34-38-63-83-126-99(74-56-35-31-27-23-19-15-11-7-2)81-85-128-114-109(118-93(5)120)116(136-105(91-134-117(124)133-89-96-68-50-41-51-69-96)112(114)140-141(125,138-101-76-59-44-60-77-101)139-102-78-61-45-62-79-102)131-90-104-110(123)113(127-84-82-100(129-87-94-64-46-39-47-65-94)75-57-36-32-28-24-20-16-12-8-3)108(115(135-104)132-92-107(122)137-111(97-70-52-42-53-71-97)98-72-54-43-55-73-98)119-106(121)86-103(130-88-95-66-48-40-49-67-95)80-58-37-33-29-25-21-17-13-9-4/h39-55,59-62,64-73,76-79,99-100,103-105,108-116,123H,6-38,56-58,63,74-75,80-92H2,1-5H3,(H,118,120)(H,119,121)/t99-,100-,103-,104-,105-,108-,109-,110-,112+,113-,114-,115+,116-/m1/s1. The molecule has 7 aromatic rings. The molecule has 2 aliphatic rings. The van der Waals surface area contributed by atoms with Gasteiger partial charge >= 0.3 is 19.9 Å². The Morgan fingerprint density at radius 3 is 1.18 bits per heavy atom. The molecule has 0 spiro atoms. The molecular formula is C117H171N2O21P. The summed E-state index contributed by atoms with van der Waals surface area (Å²) in [5.74, 6) is -1.56. The van der Waals surface area contributed by atoms with E-state index in [-0.39, 0.29) is 56.6 Å². The second kappa shape index (κ2) is 72.0. The van der Waals surface area contributed by atoms with E-state index in [4.69, 9.17) is 70.4 Å². The molecule has 2 heterocycles. The normalized spacial score (nSPS) is 18.8. The van der Waals surface area contributed by atoms with Crippen LogP contribution in [0.1, 0.15) is 345 Å². The maximum Gasteiger partial charge on any atom is 0.588 e. The van der Waals surface area contributed by atoms with Gasteiger partial charge in [-0.25, -0.2) is 14.2 Å². The smallest absolute Gasteiger partial charge is 0.451 e. The van der Waals surface area contributed by atoms with E-state index in [1.165, 1.54) is 148 Å². The first-order valence-corrected chi connectivity index (χ1v) is 55.5. The van der Waals surface area contributed by atoms with Crippen LogP contribution in [-0.2, 0) is 100 Å². The van der Waals surface area contributed by atoms with Gasteiger partial charge in [0, 0.05) is 26.7 Å². The molecule has 0 bridgehead atoms. The molecule has 0 aromatic heterocycles. The molecule has 0 saturated carbocycles. The number of nitrogens with one attached hydrogen (secondary N) is 2. The van der Waals surface area contributed by atoms with Gasteiger partial charge in [-0.1, -0.05) is 447 Å². The molecular weight excluding hydrogens is 1800 g/mol. The number of ether oxygens (including phenoxy) is 12. The molecule has 13 atom stereocenters. The Morgan fingerprint density at radius 1 is 0.362 bits per heavy atom. The largest absolute Gasteiger partial charge is 0.588 e. The maximum atomic E-state index is 16.2. The van der Waals surface area contributed by atoms with E-state index in [2.05, 4.69) is 38.3 Å². The fourth-order valence-electron chi connectivity index (χ4n) is 18.3. The van der Waals surface area contributed by atoms with E-state index in [1.54, 1.807) is 72.8 Å². The predicted octanol–water partition coefficient (Wildman–Crippen LogP) is 27.3. The molecule has 780 valence electrons. The number of amides is 2. The molecule has 2 amide bonds. The fourth-order valence-corrected chi connectivity index (χ4v) is 19.8. The Bertz CT molecular complexity index is 4280. The number of para-hydroxylation sites is 2. The Morgan fingerprint density at radius 2 is 0.730 bits per heavy atom.